The van der Waals surface area contributed by atoms with Crippen LogP contribution in [0.3, 0.4) is 0 Å². The van der Waals surface area contributed by atoms with Gasteiger partial charge in [-0.2, -0.15) is 0 Å². The minimum atomic E-state index is -0.169. The zero-order chi connectivity index (χ0) is 14.3. The topological polar surface area (TPSA) is 68.3 Å². The summed E-state index contributed by atoms with van der Waals surface area (Å²) in [4.78, 5) is 12.3. The Balaban J connectivity index is 1.89. The number of hydrogen-bond donors (Lipinski definition) is 2. The van der Waals surface area contributed by atoms with Crippen LogP contribution < -0.4 is 11.1 Å². The summed E-state index contributed by atoms with van der Waals surface area (Å²) in [6.07, 6.45) is 2.29. The van der Waals surface area contributed by atoms with Gasteiger partial charge in [-0.25, -0.2) is 0 Å². The molecule has 1 aliphatic carbocycles. The molecule has 20 heavy (non-hydrogen) atoms. The van der Waals surface area contributed by atoms with Gasteiger partial charge in [-0.05, 0) is 43.9 Å². The van der Waals surface area contributed by atoms with Gasteiger partial charge in [0.1, 0.15) is 5.58 Å². The molecule has 3 rings (SSSR count). The van der Waals surface area contributed by atoms with Crippen LogP contribution in [0.4, 0.5) is 0 Å². The van der Waals surface area contributed by atoms with Crippen molar-refractivity contribution in [3.63, 3.8) is 0 Å². The number of nitrogens with two attached hydrogens (primary N) is 1. The van der Waals surface area contributed by atoms with Crippen LogP contribution in [0.15, 0.2) is 27.1 Å². The number of hydrogen-bond acceptors (Lipinski definition) is 3. The Bertz CT molecular complexity index is 661. The molecule has 0 spiro atoms. The summed E-state index contributed by atoms with van der Waals surface area (Å²) in [7, 11) is 0. The predicted octanol–water partition coefficient (Wildman–Crippen LogP) is 2.97. The van der Waals surface area contributed by atoms with Crippen molar-refractivity contribution < 1.29 is 9.21 Å². The first kappa shape index (κ1) is 13.6. The Morgan fingerprint density at radius 1 is 1.55 bits per heavy atom. The van der Waals surface area contributed by atoms with Crippen LogP contribution in [-0.4, -0.2) is 18.5 Å². The number of furan rings is 1. The van der Waals surface area contributed by atoms with Crippen molar-refractivity contribution in [1.82, 2.24) is 5.32 Å². The van der Waals surface area contributed by atoms with Crippen molar-refractivity contribution in [2.45, 2.75) is 25.8 Å². The monoisotopic (exact) mass is 336 g/mol. The molecular formula is C15H17BrN2O2. The van der Waals surface area contributed by atoms with Crippen molar-refractivity contribution in [2.75, 3.05) is 6.54 Å². The smallest absolute Gasteiger partial charge is 0.287 e. The average molecular weight is 337 g/mol. The van der Waals surface area contributed by atoms with E-state index >= 15 is 0 Å². The SMILES string of the molecule is Cc1c(C(=O)NC(CN)C2CC2)oc2ccc(Br)cc12. The predicted molar refractivity (Wildman–Crippen MR) is 81.7 cm³/mol. The minimum absolute atomic E-state index is 0.0573. The first-order chi connectivity index (χ1) is 9.60. The molecule has 0 radical (unpaired) electrons. The second-order valence-corrected chi connectivity index (χ2v) is 6.27. The first-order valence-electron chi connectivity index (χ1n) is 6.79. The van der Waals surface area contributed by atoms with Crippen molar-refractivity contribution in [2.24, 2.45) is 11.7 Å². The molecule has 0 saturated heterocycles. The van der Waals surface area contributed by atoms with Crippen LogP contribution in [0.5, 0.6) is 0 Å². The second-order valence-electron chi connectivity index (χ2n) is 5.35. The molecule has 1 amide bonds. The number of carbonyl (C=O) groups is 1. The van der Waals surface area contributed by atoms with Gasteiger partial charge in [0.15, 0.2) is 5.76 Å². The molecule has 2 aromatic rings. The third kappa shape index (κ3) is 2.47. The standard InChI is InChI=1S/C15H17BrN2O2/c1-8-11-6-10(16)4-5-13(11)20-14(8)15(19)18-12(7-17)9-2-3-9/h4-6,9,12H,2-3,7,17H2,1H3,(H,18,19). The van der Waals surface area contributed by atoms with E-state index in [9.17, 15) is 4.79 Å². The highest BCUT2D eigenvalue weighted by Crippen LogP contribution is 2.33. The number of carbonyl (C=O) groups excluding carboxylic acids is 1. The normalized spacial score (nSPS) is 16.4. The molecule has 3 N–H and O–H groups in total. The van der Waals surface area contributed by atoms with Crippen LogP contribution in [0.2, 0.25) is 0 Å². The number of amides is 1. The number of fused-ring (bicyclic) bond motifs is 1. The van der Waals surface area contributed by atoms with Crippen molar-refractivity contribution in [3.8, 4) is 0 Å². The lowest BCUT2D eigenvalue weighted by Crippen LogP contribution is -2.41. The highest BCUT2D eigenvalue weighted by atomic mass is 79.9. The molecule has 0 aliphatic heterocycles. The summed E-state index contributed by atoms with van der Waals surface area (Å²) in [5, 5.41) is 3.95. The Morgan fingerprint density at radius 2 is 2.30 bits per heavy atom. The zero-order valence-electron chi connectivity index (χ0n) is 11.3. The molecule has 1 aliphatic rings. The minimum Gasteiger partial charge on any atom is -0.451 e. The summed E-state index contributed by atoms with van der Waals surface area (Å²) < 4.78 is 6.66. The third-order valence-electron chi connectivity index (χ3n) is 3.87. The van der Waals surface area contributed by atoms with Gasteiger partial charge in [0, 0.05) is 28.0 Å². The highest BCUT2D eigenvalue weighted by molar-refractivity contribution is 9.10. The number of halogens is 1. The number of aryl methyl sites for hydroxylation is 1. The van der Waals surface area contributed by atoms with E-state index in [1.54, 1.807) is 0 Å². The first-order valence-corrected chi connectivity index (χ1v) is 7.59. The van der Waals surface area contributed by atoms with Gasteiger partial charge in [0.2, 0.25) is 0 Å². The van der Waals surface area contributed by atoms with E-state index in [-0.39, 0.29) is 11.9 Å². The lowest BCUT2D eigenvalue weighted by atomic mass is 10.1. The maximum Gasteiger partial charge on any atom is 0.287 e. The fraction of sp³-hybridized carbons (Fsp3) is 0.400. The van der Waals surface area contributed by atoms with E-state index in [0.29, 0.717) is 18.2 Å². The summed E-state index contributed by atoms with van der Waals surface area (Å²) in [5.41, 5.74) is 7.32. The summed E-state index contributed by atoms with van der Waals surface area (Å²) in [5.74, 6) is 0.747. The molecule has 5 heteroatoms. The number of nitrogens with one attached hydrogen (secondary N) is 1. The molecule has 1 aromatic heterocycles. The molecule has 1 atom stereocenters. The van der Waals surface area contributed by atoms with Gasteiger partial charge < -0.3 is 15.5 Å². The Hall–Kier alpha value is -1.33. The Kier molecular flexibility index (Phi) is 3.56. The van der Waals surface area contributed by atoms with Gasteiger partial charge >= 0.3 is 0 Å². The zero-order valence-corrected chi connectivity index (χ0v) is 12.9. The quantitative estimate of drug-likeness (QED) is 0.901. The molecule has 4 nitrogen and oxygen atoms in total. The molecule has 1 heterocycles. The fourth-order valence-electron chi connectivity index (χ4n) is 2.51. The molecule has 1 saturated carbocycles. The van der Waals surface area contributed by atoms with E-state index in [1.807, 2.05) is 25.1 Å². The van der Waals surface area contributed by atoms with Crippen molar-refractivity contribution in [3.05, 3.63) is 34.0 Å². The molecular weight excluding hydrogens is 320 g/mol. The third-order valence-corrected chi connectivity index (χ3v) is 4.36. The lowest BCUT2D eigenvalue weighted by Gasteiger charge is -2.15. The van der Waals surface area contributed by atoms with Crippen LogP contribution in [0.1, 0.15) is 29.0 Å². The van der Waals surface area contributed by atoms with Gasteiger partial charge in [-0.3, -0.25) is 4.79 Å². The highest BCUT2D eigenvalue weighted by Gasteiger charge is 2.32. The van der Waals surface area contributed by atoms with Crippen LogP contribution in [0, 0.1) is 12.8 Å². The van der Waals surface area contributed by atoms with E-state index < -0.39 is 0 Å². The van der Waals surface area contributed by atoms with Gasteiger partial charge in [-0.15, -0.1) is 0 Å². The summed E-state index contributed by atoms with van der Waals surface area (Å²) >= 11 is 3.43. The van der Waals surface area contributed by atoms with Gasteiger partial charge in [-0.1, -0.05) is 15.9 Å². The average Bonchev–Trinajstić information content (AvgIpc) is 3.22. The molecule has 1 unspecified atom stereocenters. The molecule has 0 bridgehead atoms. The fourth-order valence-corrected chi connectivity index (χ4v) is 2.87. The maximum absolute atomic E-state index is 12.3. The second kappa shape index (κ2) is 5.22. The number of benzene rings is 1. The number of rotatable bonds is 4. The van der Waals surface area contributed by atoms with E-state index in [4.69, 9.17) is 10.2 Å². The van der Waals surface area contributed by atoms with Crippen LogP contribution in [0.25, 0.3) is 11.0 Å². The van der Waals surface area contributed by atoms with Crippen molar-refractivity contribution >= 4 is 32.8 Å². The maximum atomic E-state index is 12.3. The van der Waals surface area contributed by atoms with E-state index in [1.165, 1.54) is 0 Å². The van der Waals surface area contributed by atoms with E-state index in [2.05, 4.69) is 21.2 Å². The molecule has 1 aromatic carbocycles. The Morgan fingerprint density at radius 3 is 2.95 bits per heavy atom. The van der Waals surface area contributed by atoms with Crippen LogP contribution >= 0.6 is 15.9 Å². The largest absolute Gasteiger partial charge is 0.451 e. The van der Waals surface area contributed by atoms with Crippen molar-refractivity contribution in [1.29, 1.82) is 0 Å². The molecule has 1 fully saturated rings. The van der Waals surface area contributed by atoms with E-state index in [0.717, 1.165) is 33.8 Å². The van der Waals surface area contributed by atoms with Gasteiger partial charge in [0.25, 0.3) is 5.91 Å². The molecule has 106 valence electrons. The van der Waals surface area contributed by atoms with Gasteiger partial charge in [0.05, 0.1) is 0 Å². The summed E-state index contributed by atoms with van der Waals surface area (Å²) in [6.45, 7) is 2.38. The van der Waals surface area contributed by atoms with Crippen LogP contribution in [-0.2, 0) is 0 Å². The lowest BCUT2D eigenvalue weighted by molar-refractivity contribution is 0.0906. The Labute approximate surface area is 125 Å². The summed E-state index contributed by atoms with van der Waals surface area (Å²) in [6, 6.07) is 5.79.